The Morgan fingerprint density at radius 1 is 1.18 bits per heavy atom. The number of rotatable bonds is 7. The second-order valence-electron chi connectivity index (χ2n) is 7.88. The average Bonchev–Trinajstić information content (AvgIpc) is 3.29. The summed E-state index contributed by atoms with van der Waals surface area (Å²) in [6.07, 6.45) is 0.746. The van der Waals surface area contributed by atoms with Crippen molar-refractivity contribution in [1.29, 1.82) is 0 Å². The van der Waals surface area contributed by atoms with E-state index in [2.05, 4.69) is 0 Å². The van der Waals surface area contributed by atoms with Gasteiger partial charge in [-0.15, -0.1) is 0 Å². The number of esters is 1. The summed E-state index contributed by atoms with van der Waals surface area (Å²) < 4.78 is 21.6. The van der Waals surface area contributed by atoms with Crippen LogP contribution >= 0.6 is 11.8 Å². The fourth-order valence-electron chi connectivity index (χ4n) is 4.33. The van der Waals surface area contributed by atoms with E-state index in [1.165, 1.54) is 18.9 Å². The first-order valence-electron chi connectivity index (χ1n) is 11.1. The lowest BCUT2D eigenvalue weighted by molar-refractivity contribution is -0.136. The van der Waals surface area contributed by atoms with Gasteiger partial charge in [-0.2, -0.15) is 0 Å². The SMILES string of the molecule is CCC1=C(C(=O)OC)[C@@H](c2ccc(OC)cc2OC)N2C(CC(=O)N3CCOCC3)=CSC2=N1. The Balaban J connectivity index is 1.78. The minimum Gasteiger partial charge on any atom is -0.497 e. The predicted molar refractivity (Wildman–Crippen MR) is 129 cm³/mol. The molecule has 0 unspecified atom stereocenters. The number of fused-ring (bicyclic) bond motifs is 1. The second kappa shape index (κ2) is 10.5. The number of carbonyl (C=O) groups excluding carboxylic acids is 2. The highest BCUT2D eigenvalue weighted by Gasteiger charge is 2.43. The maximum atomic E-state index is 13.1. The Morgan fingerprint density at radius 2 is 1.94 bits per heavy atom. The molecule has 0 N–H and O–H groups in total. The summed E-state index contributed by atoms with van der Waals surface area (Å²) >= 11 is 1.45. The molecule has 1 aromatic rings. The highest BCUT2D eigenvalue weighted by Crippen LogP contribution is 2.48. The zero-order valence-electron chi connectivity index (χ0n) is 19.8. The molecule has 1 aromatic carbocycles. The average molecular weight is 488 g/mol. The van der Waals surface area contributed by atoms with Crippen LogP contribution in [0.15, 0.2) is 45.6 Å². The smallest absolute Gasteiger partial charge is 0.338 e. The Bertz CT molecular complexity index is 1060. The number of benzene rings is 1. The van der Waals surface area contributed by atoms with Crippen molar-refractivity contribution in [3.05, 3.63) is 46.1 Å². The number of carbonyl (C=O) groups is 2. The van der Waals surface area contributed by atoms with E-state index in [0.717, 1.165) is 16.4 Å². The van der Waals surface area contributed by atoms with Crippen LogP contribution in [-0.4, -0.2) is 74.5 Å². The fraction of sp³-hybridized carbons (Fsp3) is 0.458. The standard InChI is InChI=1S/C24H29N3O6S/c1-5-18-21(23(29)32-4)22(17-7-6-16(30-2)13-19(17)31-3)27-15(14-34-24(27)25-18)12-20(28)26-8-10-33-11-9-26/h6-7,13-14,22H,5,8-12H2,1-4H3/t22-/m1/s1. The first-order valence-corrected chi connectivity index (χ1v) is 12.0. The van der Waals surface area contributed by atoms with Crippen molar-refractivity contribution in [3.8, 4) is 11.5 Å². The molecule has 9 nitrogen and oxygen atoms in total. The summed E-state index contributed by atoms with van der Waals surface area (Å²) in [5.74, 6) is 0.761. The number of amides is 1. The van der Waals surface area contributed by atoms with Gasteiger partial charge in [0.25, 0.3) is 0 Å². The molecule has 0 saturated carbocycles. The highest BCUT2D eigenvalue weighted by molar-refractivity contribution is 8.16. The molecule has 1 saturated heterocycles. The number of nitrogens with zero attached hydrogens (tertiary/aromatic N) is 3. The number of allylic oxidation sites excluding steroid dienone is 1. The highest BCUT2D eigenvalue weighted by atomic mass is 32.2. The van der Waals surface area contributed by atoms with Crippen LogP contribution in [0.25, 0.3) is 0 Å². The molecule has 1 amide bonds. The number of amidine groups is 1. The molecule has 182 valence electrons. The third kappa shape index (κ3) is 4.52. The van der Waals surface area contributed by atoms with Crippen molar-refractivity contribution in [2.45, 2.75) is 25.8 Å². The van der Waals surface area contributed by atoms with Gasteiger partial charge in [0.15, 0.2) is 5.17 Å². The minimum atomic E-state index is -0.561. The molecule has 0 aromatic heterocycles. The van der Waals surface area contributed by atoms with Gasteiger partial charge in [-0.05, 0) is 24.0 Å². The van der Waals surface area contributed by atoms with Crippen molar-refractivity contribution >= 4 is 28.8 Å². The summed E-state index contributed by atoms with van der Waals surface area (Å²) in [4.78, 5) is 34.7. The Morgan fingerprint density at radius 3 is 2.59 bits per heavy atom. The maximum absolute atomic E-state index is 13.1. The lowest BCUT2D eigenvalue weighted by Crippen LogP contribution is -2.42. The molecule has 0 spiro atoms. The van der Waals surface area contributed by atoms with Gasteiger partial charge in [-0.1, -0.05) is 18.7 Å². The van der Waals surface area contributed by atoms with E-state index in [1.807, 2.05) is 34.3 Å². The normalized spacial score (nSPS) is 19.9. The van der Waals surface area contributed by atoms with Crippen molar-refractivity contribution in [2.24, 2.45) is 4.99 Å². The zero-order valence-corrected chi connectivity index (χ0v) is 20.6. The summed E-state index contributed by atoms with van der Waals surface area (Å²) in [6, 6.07) is 4.93. The quantitative estimate of drug-likeness (QED) is 0.542. The summed E-state index contributed by atoms with van der Waals surface area (Å²) in [5.41, 5.74) is 2.63. The van der Waals surface area contributed by atoms with Crippen LogP contribution in [0.1, 0.15) is 31.4 Å². The Hall–Kier alpha value is -2.98. The third-order valence-electron chi connectivity index (χ3n) is 6.06. The molecule has 1 fully saturated rings. The summed E-state index contributed by atoms with van der Waals surface area (Å²) in [5, 5.41) is 2.66. The number of morpholine rings is 1. The van der Waals surface area contributed by atoms with Gasteiger partial charge in [-0.3, -0.25) is 4.79 Å². The van der Waals surface area contributed by atoms with Gasteiger partial charge in [0.1, 0.15) is 11.5 Å². The molecule has 0 radical (unpaired) electrons. The number of thioether (sulfide) groups is 1. The first-order chi connectivity index (χ1) is 16.5. The van der Waals surface area contributed by atoms with Crippen LogP contribution in [0.5, 0.6) is 11.5 Å². The topological polar surface area (TPSA) is 89.9 Å². The predicted octanol–water partition coefficient (Wildman–Crippen LogP) is 3.09. The van der Waals surface area contributed by atoms with Crippen LogP contribution in [0.3, 0.4) is 0 Å². The lowest BCUT2D eigenvalue weighted by atomic mass is 9.92. The van der Waals surface area contributed by atoms with Crippen LogP contribution < -0.4 is 9.47 Å². The molecule has 1 atom stereocenters. The summed E-state index contributed by atoms with van der Waals surface area (Å²) in [7, 11) is 4.53. The van der Waals surface area contributed by atoms with Gasteiger partial charge >= 0.3 is 5.97 Å². The van der Waals surface area contributed by atoms with Gasteiger partial charge in [-0.25, -0.2) is 9.79 Å². The molecule has 10 heteroatoms. The van der Waals surface area contributed by atoms with Crippen molar-refractivity contribution in [3.63, 3.8) is 0 Å². The van der Waals surface area contributed by atoms with Crippen LogP contribution in [0.4, 0.5) is 0 Å². The van der Waals surface area contributed by atoms with E-state index in [9.17, 15) is 9.59 Å². The van der Waals surface area contributed by atoms with Gasteiger partial charge in [0.2, 0.25) is 5.91 Å². The molecule has 34 heavy (non-hydrogen) atoms. The van der Waals surface area contributed by atoms with Gasteiger partial charge in [0.05, 0.1) is 58.3 Å². The van der Waals surface area contributed by atoms with Crippen molar-refractivity contribution < 1.29 is 28.5 Å². The Kier molecular flexibility index (Phi) is 7.47. The van der Waals surface area contributed by atoms with Gasteiger partial charge < -0.3 is 28.7 Å². The molecule has 0 bridgehead atoms. The fourth-order valence-corrected chi connectivity index (χ4v) is 5.27. The van der Waals surface area contributed by atoms with Crippen LogP contribution in [-0.2, 0) is 19.1 Å². The van der Waals surface area contributed by atoms with E-state index in [0.29, 0.717) is 55.5 Å². The number of hydrogen-bond acceptors (Lipinski definition) is 9. The molecule has 3 aliphatic rings. The minimum absolute atomic E-state index is 0.0155. The number of ether oxygens (including phenoxy) is 4. The maximum Gasteiger partial charge on any atom is 0.338 e. The lowest BCUT2D eigenvalue weighted by Gasteiger charge is -2.37. The molecular formula is C24H29N3O6S. The monoisotopic (exact) mass is 487 g/mol. The molecule has 3 aliphatic heterocycles. The van der Waals surface area contributed by atoms with E-state index in [-0.39, 0.29) is 12.3 Å². The molecule has 3 heterocycles. The largest absolute Gasteiger partial charge is 0.497 e. The van der Waals surface area contributed by atoms with Crippen LogP contribution in [0, 0.1) is 0 Å². The summed E-state index contributed by atoms with van der Waals surface area (Å²) in [6.45, 7) is 4.18. The molecule has 0 aliphatic carbocycles. The van der Waals surface area contributed by atoms with E-state index < -0.39 is 12.0 Å². The van der Waals surface area contributed by atoms with Crippen molar-refractivity contribution in [1.82, 2.24) is 9.80 Å². The van der Waals surface area contributed by atoms with Crippen LogP contribution in [0.2, 0.25) is 0 Å². The van der Waals surface area contributed by atoms with E-state index in [4.69, 9.17) is 23.9 Å². The van der Waals surface area contributed by atoms with E-state index in [1.54, 1.807) is 20.3 Å². The molecule has 4 rings (SSSR count). The zero-order chi connectivity index (χ0) is 24.2. The number of hydrogen-bond donors (Lipinski definition) is 0. The third-order valence-corrected chi connectivity index (χ3v) is 6.95. The van der Waals surface area contributed by atoms with E-state index >= 15 is 0 Å². The molecular weight excluding hydrogens is 458 g/mol. The first kappa shape index (κ1) is 24.2. The van der Waals surface area contributed by atoms with Gasteiger partial charge in [0, 0.05) is 30.4 Å². The van der Waals surface area contributed by atoms with Crippen molar-refractivity contribution in [2.75, 3.05) is 47.6 Å². The number of methoxy groups -OCH3 is 3. The second-order valence-corrected chi connectivity index (χ2v) is 8.71. The number of aliphatic imine (C=N–C) groups is 1. The Labute approximate surface area is 203 Å².